The zero-order valence-electron chi connectivity index (χ0n) is 14.1. The molecule has 2 aromatic heterocycles. The van der Waals surface area contributed by atoms with Crippen LogP contribution in [0.15, 0.2) is 23.6 Å². The number of anilines is 1. The molecule has 7 nitrogen and oxygen atoms in total. The van der Waals surface area contributed by atoms with Gasteiger partial charge in [-0.25, -0.2) is 9.97 Å². The minimum atomic E-state index is -0.243. The van der Waals surface area contributed by atoms with Crippen LogP contribution in [-0.4, -0.2) is 39.8 Å². The monoisotopic (exact) mass is 359 g/mol. The Kier molecular flexibility index (Phi) is 5.40. The summed E-state index contributed by atoms with van der Waals surface area (Å²) in [5.74, 6) is 0.0619. The normalized spacial score (nSPS) is 17.4. The number of carbonyl (C=O) groups is 2. The molecular formula is C17H21N5O2S. The van der Waals surface area contributed by atoms with Gasteiger partial charge in [0.05, 0.1) is 5.92 Å². The summed E-state index contributed by atoms with van der Waals surface area (Å²) >= 11 is 1.38. The van der Waals surface area contributed by atoms with Gasteiger partial charge >= 0.3 is 0 Å². The van der Waals surface area contributed by atoms with Crippen molar-refractivity contribution in [3.63, 3.8) is 0 Å². The van der Waals surface area contributed by atoms with Gasteiger partial charge in [0.15, 0.2) is 0 Å². The topological polar surface area (TPSA) is 101 Å². The van der Waals surface area contributed by atoms with Crippen LogP contribution in [0, 0.1) is 12.8 Å². The summed E-state index contributed by atoms with van der Waals surface area (Å²) in [6.07, 6.45) is 1.55. The lowest BCUT2D eigenvalue weighted by atomic mass is 9.97. The van der Waals surface area contributed by atoms with Crippen LogP contribution in [-0.2, 0) is 11.3 Å². The zero-order chi connectivity index (χ0) is 17.8. The molecule has 25 heavy (non-hydrogen) atoms. The number of nitrogens with one attached hydrogen (secondary N) is 1. The Labute approximate surface area is 150 Å². The van der Waals surface area contributed by atoms with Gasteiger partial charge in [-0.1, -0.05) is 6.07 Å². The average Bonchev–Trinajstić information content (AvgIpc) is 3.10. The summed E-state index contributed by atoms with van der Waals surface area (Å²) in [7, 11) is 0. The molecular weight excluding hydrogens is 338 g/mol. The van der Waals surface area contributed by atoms with Gasteiger partial charge in [0.25, 0.3) is 5.91 Å². The quantitative estimate of drug-likeness (QED) is 0.867. The van der Waals surface area contributed by atoms with Crippen LogP contribution >= 0.6 is 11.3 Å². The van der Waals surface area contributed by atoms with Crippen molar-refractivity contribution in [2.75, 3.05) is 18.4 Å². The highest BCUT2D eigenvalue weighted by atomic mass is 32.1. The van der Waals surface area contributed by atoms with E-state index in [0.29, 0.717) is 31.1 Å². The predicted molar refractivity (Wildman–Crippen MR) is 96.2 cm³/mol. The molecule has 132 valence electrons. The highest BCUT2D eigenvalue weighted by molar-refractivity contribution is 7.09. The summed E-state index contributed by atoms with van der Waals surface area (Å²) in [6.45, 7) is 3.24. The van der Waals surface area contributed by atoms with Crippen molar-refractivity contribution in [2.24, 2.45) is 11.7 Å². The fraction of sp³-hybridized carbons (Fsp3) is 0.412. The lowest BCUT2D eigenvalue weighted by molar-refractivity contribution is -0.121. The van der Waals surface area contributed by atoms with Crippen LogP contribution in [0.2, 0.25) is 0 Å². The number of piperidine rings is 1. The molecule has 0 aliphatic carbocycles. The second-order valence-electron chi connectivity index (χ2n) is 6.07. The molecule has 8 heteroatoms. The Hall–Kier alpha value is -2.32. The van der Waals surface area contributed by atoms with E-state index in [4.69, 9.17) is 5.73 Å². The molecule has 3 rings (SSSR count). The van der Waals surface area contributed by atoms with Gasteiger partial charge in [0.2, 0.25) is 5.91 Å². The number of amides is 2. The molecule has 2 amide bonds. The lowest BCUT2D eigenvalue weighted by Gasteiger charge is -2.31. The van der Waals surface area contributed by atoms with E-state index in [0.717, 1.165) is 23.5 Å². The number of pyridine rings is 1. The number of carbonyl (C=O) groups excluding carboxylic acids is 2. The molecule has 1 atom stereocenters. The molecule has 0 saturated carbocycles. The summed E-state index contributed by atoms with van der Waals surface area (Å²) in [6, 6.07) is 5.49. The van der Waals surface area contributed by atoms with Gasteiger partial charge in [0, 0.05) is 30.7 Å². The van der Waals surface area contributed by atoms with E-state index >= 15 is 0 Å². The summed E-state index contributed by atoms with van der Waals surface area (Å²) in [5.41, 5.74) is 6.81. The number of aromatic nitrogens is 2. The van der Waals surface area contributed by atoms with Crippen molar-refractivity contribution in [1.82, 2.24) is 14.9 Å². The highest BCUT2D eigenvalue weighted by Crippen LogP contribution is 2.21. The van der Waals surface area contributed by atoms with E-state index in [1.54, 1.807) is 16.3 Å². The maximum Gasteiger partial charge on any atom is 0.273 e. The van der Waals surface area contributed by atoms with E-state index in [2.05, 4.69) is 15.3 Å². The molecule has 1 aliphatic heterocycles. The van der Waals surface area contributed by atoms with E-state index in [-0.39, 0.29) is 17.7 Å². The van der Waals surface area contributed by atoms with Crippen LogP contribution in [0.25, 0.3) is 0 Å². The zero-order valence-corrected chi connectivity index (χ0v) is 14.9. The fourth-order valence-corrected chi connectivity index (χ4v) is 3.53. The molecule has 1 saturated heterocycles. The minimum Gasteiger partial charge on any atom is -0.336 e. The molecule has 0 radical (unpaired) electrons. The van der Waals surface area contributed by atoms with E-state index < -0.39 is 0 Å². The molecule has 2 aromatic rings. The van der Waals surface area contributed by atoms with Gasteiger partial charge in [-0.05, 0) is 31.9 Å². The second-order valence-corrected chi connectivity index (χ2v) is 7.02. The summed E-state index contributed by atoms with van der Waals surface area (Å²) in [5, 5.41) is 5.31. The first-order valence-electron chi connectivity index (χ1n) is 8.25. The predicted octanol–water partition coefficient (Wildman–Crippen LogP) is 1.80. The number of hydrogen-bond acceptors (Lipinski definition) is 6. The Morgan fingerprint density at radius 2 is 2.24 bits per heavy atom. The maximum absolute atomic E-state index is 12.6. The Morgan fingerprint density at radius 3 is 2.96 bits per heavy atom. The SMILES string of the molecule is Cc1cccc(NC(=O)C2CCCN(C(=O)c3csc(CN)n3)C2)n1. The average molecular weight is 359 g/mol. The van der Waals surface area contributed by atoms with Crippen molar-refractivity contribution in [1.29, 1.82) is 0 Å². The van der Waals surface area contributed by atoms with Gasteiger partial charge in [-0.15, -0.1) is 11.3 Å². The standard InChI is InChI=1S/C17H21N5O2S/c1-11-4-2-6-14(19-11)21-16(23)12-5-3-7-22(9-12)17(24)13-10-25-15(8-18)20-13/h2,4,6,10,12H,3,5,7-9,18H2,1H3,(H,19,21,23). The van der Waals surface area contributed by atoms with Crippen molar-refractivity contribution >= 4 is 29.0 Å². The van der Waals surface area contributed by atoms with E-state index in [1.807, 2.05) is 19.1 Å². The van der Waals surface area contributed by atoms with Crippen LogP contribution in [0.4, 0.5) is 5.82 Å². The Morgan fingerprint density at radius 1 is 1.40 bits per heavy atom. The second kappa shape index (κ2) is 7.71. The van der Waals surface area contributed by atoms with Gasteiger partial charge in [-0.2, -0.15) is 0 Å². The van der Waals surface area contributed by atoms with Crippen LogP contribution < -0.4 is 11.1 Å². The van der Waals surface area contributed by atoms with Crippen molar-refractivity contribution < 1.29 is 9.59 Å². The van der Waals surface area contributed by atoms with Gasteiger partial charge < -0.3 is 16.0 Å². The molecule has 0 bridgehead atoms. The Balaban J connectivity index is 1.64. The largest absolute Gasteiger partial charge is 0.336 e. The first-order chi connectivity index (χ1) is 12.1. The maximum atomic E-state index is 12.6. The van der Waals surface area contributed by atoms with E-state index in [1.165, 1.54) is 11.3 Å². The summed E-state index contributed by atoms with van der Waals surface area (Å²) < 4.78 is 0. The van der Waals surface area contributed by atoms with Crippen molar-refractivity contribution in [2.45, 2.75) is 26.3 Å². The summed E-state index contributed by atoms with van der Waals surface area (Å²) in [4.78, 5) is 35.3. The fourth-order valence-electron chi connectivity index (χ4n) is 2.88. The molecule has 1 fully saturated rings. The Bertz CT molecular complexity index is 776. The number of aryl methyl sites for hydroxylation is 1. The van der Waals surface area contributed by atoms with E-state index in [9.17, 15) is 9.59 Å². The molecule has 3 N–H and O–H groups in total. The third kappa shape index (κ3) is 4.21. The number of nitrogens with zero attached hydrogens (tertiary/aromatic N) is 3. The third-order valence-electron chi connectivity index (χ3n) is 4.16. The highest BCUT2D eigenvalue weighted by Gasteiger charge is 2.30. The molecule has 3 heterocycles. The minimum absolute atomic E-state index is 0.100. The smallest absolute Gasteiger partial charge is 0.273 e. The van der Waals surface area contributed by atoms with Crippen LogP contribution in [0.3, 0.4) is 0 Å². The first-order valence-corrected chi connectivity index (χ1v) is 9.13. The number of rotatable bonds is 4. The molecule has 0 aromatic carbocycles. The first kappa shape index (κ1) is 17.5. The van der Waals surface area contributed by atoms with Crippen LogP contribution in [0.5, 0.6) is 0 Å². The number of thiazole rings is 1. The molecule has 1 aliphatic rings. The van der Waals surface area contributed by atoms with Gasteiger partial charge in [-0.3, -0.25) is 9.59 Å². The molecule has 0 spiro atoms. The lowest BCUT2D eigenvalue weighted by Crippen LogP contribution is -2.44. The third-order valence-corrected chi connectivity index (χ3v) is 5.04. The number of hydrogen-bond donors (Lipinski definition) is 2. The number of nitrogens with two attached hydrogens (primary N) is 1. The molecule has 1 unspecified atom stereocenters. The van der Waals surface area contributed by atoms with Gasteiger partial charge in [0.1, 0.15) is 16.5 Å². The van der Waals surface area contributed by atoms with Crippen molar-refractivity contribution in [3.8, 4) is 0 Å². The van der Waals surface area contributed by atoms with Crippen LogP contribution in [0.1, 0.15) is 34.0 Å². The number of likely N-dealkylation sites (tertiary alicyclic amines) is 1. The van der Waals surface area contributed by atoms with Crippen molar-refractivity contribution in [3.05, 3.63) is 40.0 Å².